The van der Waals surface area contributed by atoms with Crippen LogP contribution in [0.2, 0.25) is 0 Å². The van der Waals surface area contributed by atoms with Crippen molar-refractivity contribution in [2.75, 3.05) is 13.6 Å². The molecular formula is C11H12BrF2NO. The van der Waals surface area contributed by atoms with E-state index in [1.807, 2.05) is 13.1 Å². The molecule has 88 valence electrons. The van der Waals surface area contributed by atoms with E-state index in [-0.39, 0.29) is 5.75 Å². The summed E-state index contributed by atoms with van der Waals surface area (Å²) in [5.41, 5.74) is 0.616. The van der Waals surface area contributed by atoms with Crippen LogP contribution in [-0.4, -0.2) is 20.2 Å². The topological polar surface area (TPSA) is 21.3 Å². The fourth-order valence-electron chi connectivity index (χ4n) is 1.16. The Morgan fingerprint density at radius 1 is 1.50 bits per heavy atom. The van der Waals surface area contributed by atoms with Crippen molar-refractivity contribution in [3.63, 3.8) is 0 Å². The molecule has 0 aliphatic rings. The molecule has 1 aromatic rings. The number of likely N-dealkylation sites (N-methyl/N-ethyl adjacent to an activating group) is 1. The van der Waals surface area contributed by atoms with E-state index in [9.17, 15) is 8.78 Å². The molecule has 1 N–H and O–H groups in total. The summed E-state index contributed by atoms with van der Waals surface area (Å²) in [6.07, 6.45) is 3.57. The van der Waals surface area contributed by atoms with Crippen LogP contribution >= 0.6 is 15.9 Å². The molecule has 0 radical (unpaired) electrons. The van der Waals surface area contributed by atoms with E-state index in [1.54, 1.807) is 18.2 Å². The van der Waals surface area contributed by atoms with Gasteiger partial charge >= 0.3 is 6.61 Å². The van der Waals surface area contributed by atoms with E-state index in [0.29, 0.717) is 12.1 Å². The van der Waals surface area contributed by atoms with Gasteiger partial charge in [0.05, 0.1) is 0 Å². The summed E-state index contributed by atoms with van der Waals surface area (Å²) in [4.78, 5) is 0. The average molecular weight is 292 g/mol. The minimum atomic E-state index is -2.81. The van der Waals surface area contributed by atoms with E-state index in [4.69, 9.17) is 0 Å². The molecule has 0 unspecified atom stereocenters. The first-order valence-corrected chi connectivity index (χ1v) is 5.48. The molecule has 5 heteroatoms. The molecule has 0 aliphatic carbocycles. The first kappa shape index (κ1) is 13.1. The Bertz CT molecular complexity index is 369. The maximum Gasteiger partial charge on any atom is 0.387 e. The van der Waals surface area contributed by atoms with Crippen molar-refractivity contribution >= 4 is 22.0 Å². The number of rotatable bonds is 5. The van der Waals surface area contributed by atoms with Crippen LogP contribution in [0.4, 0.5) is 8.78 Å². The summed E-state index contributed by atoms with van der Waals surface area (Å²) in [6.45, 7) is -2.14. The van der Waals surface area contributed by atoms with Gasteiger partial charge in [-0.3, -0.25) is 0 Å². The summed E-state index contributed by atoms with van der Waals surface area (Å²) in [5, 5.41) is 2.93. The molecule has 0 atom stereocenters. The van der Waals surface area contributed by atoms with Gasteiger partial charge in [0, 0.05) is 16.6 Å². The van der Waals surface area contributed by atoms with Crippen molar-refractivity contribution in [2.45, 2.75) is 6.61 Å². The van der Waals surface area contributed by atoms with E-state index in [1.165, 1.54) is 6.07 Å². The van der Waals surface area contributed by atoms with Crippen LogP contribution in [0.1, 0.15) is 5.56 Å². The molecule has 0 saturated heterocycles. The Morgan fingerprint density at radius 3 is 2.88 bits per heavy atom. The minimum absolute atomic E-state index is 0.172. The number of benzene rings is 1. The zero-order chi connectivity index (χ0) is 12.0. The number of nitrogens with one attached hydrogen (secondary N) is 1. The van der Waals surface area contributed by atoms with Gasteiger partial charge in [0.2, 0.25) is 0 Å². The quantitative estimate of drug-likeness (QED) is 0.899. The minimum Gasteiger partial charge on any atom is -0.434 e. The second-order valence-electron chi connectivity index (χ2n) is 3.02. The molecule has 0 saturated carbocycles. The molecule has 2 nitrogen and oxygen atoms in total. The summed E-state index contributed by atoms with van der Waals surface area (Å²) in [7, 11) is 1.81. The molecule has 0 fully saturated rings. The first-order valence-electron chi connectivity index (χ1n) is 4.69. The van der Waals surface area contributed by atoms with E-state index < -0.39 is 6.61 Å². The van der Waals surface area contributed by atoms with Gasteiger partial charge in [-0.25, -0.2) is 0 Å². The Kier molecular flexibility index (Phi) is 5.42. The van der Waals surface area contributed by atoms with E-state index >= 15 is 0 Å². The average Bonchev–Trinajstić information content (AvgIpc) is 2.22. The fraction of sp³-hybridized carbons (Fsp3) is 0.273. The molecule has 0 amide bonds. The highest BCUT2D eigenvalue weighted by Gasteiger charge is 2.07. The summed E-state index contributed by atoms with van der Waals surface area (Å²) in [5.74, 6) is 0.172. The lowest BCUT2D eigenvalue weighted by atomic mass is 10.2. The van der Waals surface area contributed by atoms with Gasteiger partial charge in [-0.2, -0.15) is 8.78 Å². The maximum atomic E-state index is 12.1. The van der Waals surface area contributed by atoms with Gasteiger partial charge in [0.15, 0.2) is 0 Å². The zero-order valence-electron chi connectivity index (χ0n) is 8.71. The van der Waals surface area contributed by atoms with Gasteiger partial charge in [-0.15, -0.1) is 0 Å². The summed E-state index contributed by atoms with van der Waals surface area (Å²) >= 11 is 3.28. The highest BCUT2D eigenvalue weighted by molar-refractivity contribution is 9.10. The molecule has 16 heavy (non-hydrogen) atoms. The van der Waals surface area contributed by atoms with Crippen molar-refractivity contribution in [1.29, 1.82) is 0 Å². The van der Waals surface area contributed by atoms with Crippen molar-refractivity contribution in [1.82, 2.24) is 5.32 Å². The third-order valence-corrected chi connectivity index (χ3v) is 2.30. The molecule has 0 spiro atoms. The van der Waals surface area contributed by atoms with Crippen molar-refractivity contribution in [3.05, 3.63) is 34.3 Å². The van der Waals surface area contributed by atoms with Crippen LogP contribution in [0.5, 0.6) is 5.75 Å². The van der Waals surface area contributed by atoms with Gasteiger partial charge in [0.25, 0.3) is 0 Å². The van der Waals surface area contributed by atoms with Gasteiger partial charge in [0.1, 0.15) is 5.75 Å². The summed E-state index contributed by atoms with van der Waals surface area (Å²) < 4.78 is 29.5. The van der Waals surface area contributed by atoms with Crippen LogP contribution in [0.25, 0.3) is 6.08 Å². The predicted octanol–water partition coefficient (Wildman–Crippen LogP) is 3.28. The number of hydrogen-bond donors (Lipinski definition) is 1. The molecule has 1 rings (SSSR count). The predicted molar refractivity (Wildman–Crippen MR) is 63.7 cm³/mol. The SMILES string of the molecule is CNCC=Cc1cc(Br)ccc1OC(F)F. The monoisotopic (exact) mass is 291 g/mol. The lowest BCUT2D eigenvalue weighted by Crippen LogP contribution is -2.05. The molecule has 0 bridgehead atoms. The van der Waals surface area contributed by atoms with Gasteiger partial charge < -0.3 is 10.1 Å². The van der Waals surface area contributed by atoms with Crippen LogP contribution < -0.4 is 10.1 Å². The summed E-state index contributed by atoms with van der Waals surface area (Å²) in [6, 6.07) is 4.90. The molecule has 0 aliphatic heterocycles. The smallest absolute Gasteiger partial charge is 0.387 e. The van der Waals surface area contributed by atoms with Crippen molar-refractivity contribution < 1.29 is 13.5 Å². The maximum absolute atomic E-state index is 12.1. The van der Waals surface area contributed by atoms with E-state index in [2.05, 4.69) is 26.0 Å². The number of ether oxygens (including phenoxy) is 1. The number of hydrogen-bond acceptors (Lipinski definition) is 2. The highest BCUT2D eigenvalue weighted by Crippen LogP contribution is 2.25. The van der Waals surface area contributed by atoms with Crippen molar-refractivity contribution in [3.8, 4) is 5.75 Å². The largest absolute Gasteiger partial charge is 0.434 e. The highest BCUT2D eigenvalue weighted by atomic mass is 79.9. The lowest BCUT2D eigenvalue weighted by Gasteiger charge is -2.08. The molecular weight excluding hydrogens is 280 g/mol. The first-order chi connectivity index (χ1) is 7.63. The van der Waals surface area contributed by atoms with Gasteiger partial charge in [-0.1, -0.05) is 28.1 Å². The normalized spacial score (nSPS) is 11.3. The van der Waals surface area contributed by atoms with E-state index in [0.717, 1.165) is 4.47 Å². The molecule has 0 heterocycles. The Hall–Kier alpha value is -0.940. The second-order valence-corrected chi connectivity index (χ2v) is 3.94. The van der Waals surface area contributed by atoms with Crippen LogP contribution in [-0.2, 0) is 0 Å². The standard InChI is InChI=1S/C11H12BrF2NO/c1-15-6-2-3-8-7-9(12)4-5-10(8)16-11(13)14/h2-5,7,11,15H,6H2,1H3. The Balaban J connectivity index is 2.89. The third-order valence-electron chi connectivity index (χ3n) is 1.81. The Morgan fingerprint density at radius 2 is 2.25 bits per heavy atom. The fourth-order valence-corrected chi connectivity index (χ4v) is 1.54. The lowest BCUT2D eigenvalue weighted by molar-refractivity contribution is -0.0499. The number of halogens is 3. The third kappa shape index (κ3) is 4.28. The van der Waals surface area contributed by atoms with Gasteiger partial charge in [-0.05, 0) is 25.2 Å². The molecule has 0 aromatic heterocycles. The van der Waals surface area contributed by atoms with Crippen LogP contribution in [0, 0.1) is 0 Å². The van der Waals surface area contributed by atoms with Crippen molar-refractivity contribution in [2.24, 2.45) is 0 Å². The zero-order valence-corrected chi connectivity index (χ0v) is 10.3. The second kappa shape index (κ2) is 6.60. The van der Waals surface area contributed by atoms with Crippen LogP contribution in [0.15, 0.2) is 28.7 Å². The molecule has 1 aromatic carbocycles. The Labute approximate surface area is 101 Å². The van der Waals surface area contributed by atoms with Crippen LogP contribution in [0.3, 0.4) is 0 Å². The number of alkyl halides is 2.